The number of carbonyl (C=O) groups is 1. The van der Waals surface area contributed by atoms with Crippen LogP contribution in [-0.4, -0.2) is 34.8 Å². The highest BCUT2D eigenvalue weighted by Crippen LogP contribution is 2.29. The van der Waals surface area contributed by atoms with Crippen LogP contribution in [0, 0.1) is 6.92 Å². The number of hydrogen-bond donors (Lipinski definition) is 1. The van der Waals surface area contributed by atoms with Crippen LogP contribution < -0.4 is 5.32 Å². The largest absolute Gasteiger partial charge is 0.346 e. The predicted molar refractivity (Wildman–Crippen MR) is 129 cm³/mol. The van der Waals surface area contributed by atoms with Gasteiger partial charge < -0.3 is 9.84 Å². The summed E-state index contributed by atoms with van der Waals surface area (Å²) < 4.78 is 33.7. The molecular weight excluding hydrogens is 464 g/mol. The Hall–Kier alpha value is -3.82. The Morgan fingerprint density at radius 3 is 2.43 bits per heavy atom. The number of fused-ring (bicyclic) bond motifs is 1. The van der Waals surface area contributed by atoms with Gasteiger partial charge in [0.2, 0.25) is 27.6 Å². The molecule has 0 spiro atoms. The predicted octanol–water partition coefficient (Wildman–Crippen LogP) is 3.48. The summed E-state index contributed by atoms with van der Waals surface area (Å²) in [4.78, 5) is 17.8. The van der Waals surface area contributed by atoms with Gasteiger partial charge in [-0.25, -0.2) is 8.42 Å². The molecule has 1 aliphatic heterocycles. The van der Waals surface area contributed by atoms with Crippen molar-refractivity contribution in [3.05, 3.63) is 101 Å². The fourth-order valence-electron chi connectivity index (χ4n) is 4.13. The summed E-state index contributed by atoms with van der Waals surface area (Å²) >= 11 is 0. The molecule has 1 aromatic heterocycles. The van der Waals surface area contributed by atoms with Crippen molar-refractivity contribution in [2.24, 2.45) is 0 Å². The molecule has 1 aliphatic rings. The normalized spacial score (nSPS) is 16.0. The maximum atomic E-state index is 13.6. The molecule has 0 aliphatic carbocycles. The Bertz CT molecular complexity index is 1450. The van der Waals surface area contributed by atoms with Crippen molar-refractivity contribution < 1.29 is 17.7 Å². The van der Waals surface area contributed by atoms with Crippen LogP contribution in [0.5, 0.6) is 0 Å². The van der Waals surface area contributed by atoms with E-state index in [9.17, 15) is 13.2 Å². The zero-order valence-electron chi connectivity index (χ0n) is 19.1. The van der Waals surface area contributed by atoms with Crippen LogP contribution in [0.3, 0.4) is 0 Å². The van der Waals surface area contributed by atoms with Crippen molar-refractivity contribution in [2.75, 3.05) is 0 Å². The van der Waals surface area contributed by atoms with Gasteiger partial charge in [0.15, 0.2) is 0 Å². The van der Waals surface area contributed by atoms with Gasteiger partial charge in [-0.1, -0.05) is 77.5 Å². The molecule has 0 saturated heterocycles. The SMILES string of the molecule is Cc1ccc(S(=O)(=O)N2Cc3ccccc3C[C@@H]2C(=O)NCc2nc(-c3ccccc3)no2)cc1. The second kappa shape index (κ2) is 9.44. The summed E-state index contributed by atoms with van der Waals surface area (Å²) in [7, 11) is -3.91. The molecule has 9 heteroatoms. The zero-order valence-corrected chi connectivity index (χ0v) is 19.9. The molecule has 5 rings (SSSR count). The number of carbonyl (C=O) groups excluding carboxylic acids is 1. The van der Waals surface area contributed by atoms with Crippen LogP contribution in [-0.2, 0) is 34.3 Å². The molecule has 0 bridgehead atoms. The third-order valence-electron chi connectivity index (χ3n) is 6.05. The van der Waals surface area contributed by atoms with Gasteiger partial charge in [-0.05, 0) is 36.6 Å². The first-order valence-electron chi connectivity index (χ1n) is 11.2. The number of amides is 1. The summed E-state index contributed by atoms with van der Waals surface area (Å²) in [6.07, 6.45) is 0.270. The number of hydrogen-bond acceptors (Lipinski definition) is 6. The van der Waals surface area contributed by atoms with Gasteiger partial charge >= 0.3 is 0 Å². The lowest BCUT2D eigenvalue weighted by atomic mass is 9.95. The van der Waals surface area contributed by atoms with E-state index < -0.39 is 22.0 Å². The highest BCUT2D eigenvalue weighted by molar-refractivity contribution is 7.89. The zero-order chi connectivity index (χ0) is 24.4. The quantitative estimate of drug-likeness (QED) is 0.446. The lowest BCUT2D eigenvalue weighted by Crippen LogP contribution is -2.52. The third kappa shape index (κ3) is 4.73. The fraction of sp³-hybridized carbons (Fsp3) is 0.192. The Morgan fingerprint density at radius 1 is 1.00 bits per heavy atom. The highest BCUT2D eigenvalue weighted by atomic mass is 32.2. The van der Waals surface area contributed by atoms with E-state index in [1.165, 1.54) is 4.31 Å². The van der Waals surface area contributed by atoms with Crippen molar-refractivity contribution >= 4 is 15.9 Å². The van der Waals surface area contributed by atoms with Gasteiger partial charge in [-0.3, -0.25) is 4.79 Å². The molecule has 35 heavy (non-hydrogen) atoms. The average molecular weight is 489 g/mol. The average Bonchev–Trinajstić information content (AvgIpc) is 3.36. The van der Waals surface area contributed by atoms with E-state index in [4.69, 9.17) is 4.52 Å². The van der Waals surface area contributed by atoms with Crippen molar-refractivity contribution in [2.45, 2.75) is 37.4 Å². The smallest absolute Gasteiger partial charge is 0.246 e. The monoisotopic (exact) mass is 488 g/mol. The van der Waals surface area contributed by atoms with E-state index in [1.807, 2.05) is 61.5 Å². The van der Waals surface area contributed by atoms with E-state index in [0.717, 1.165) is 22.3 Å². The molecule has 1 atom stereocenters. The lowest BCUT2D eigenvalue weighted by molar-refractivity contribution is -0.125. The van der Waals surface area contributed by atoms with Crippen LogP contribution in [0.25, 0.3) is 11.4 Å². The van der Waals surface area contributed by atoms with Crippen molar-refractivity contribution in [3.63, 3.8) is 0 Å². The molecule has 0 unspecified atom stereocenters. The number of nitrogens with zero attached hydrogens (tertiary/aromatic N) is 3. The van der Waals surface area contributed by atoms with E-state index in [1.54, 1.807) is 24.3 Å². The molecule has 0 fully saturated rings. The van der Waals surface area contributed by atoms with Crippen molar-refractivity contribution in [1.82, 2.24) is 19.8 Å². The second-order valence-electron chi connectivity index (χ2n) is 8.45. The number of aryl methyl sites for hydroxylation is 1. The first kappa shape index (κ1) is 22.9. The van der Waals surface area contributed by atoms with Crippen LogP contribution in [0.15, 0.2) is 88.3 Å². The summed E-state index contributed by atoms with van der Waals surface area (Å²) in [6, 6.07) is 22.7. The van der Waals surface area contributed by atoms with Gasteiger partial charge in [0, 0.05) is 12.1 Å². The van der Waals surface area contributed by atoms with Crippen LogP contribution in [0.2, 0.25) is 0 Å². The molecule has 178 valence electrons. The van der Waals surface area contributed by atoms with Crippen LogP contribution in [0.1, 0.15) is 22.6 Å². The number of aromatic nitrogens is 2. The van der Waals surface area contributed by atoms with E-state index >= 15 is 0 Å². The van der Waals surface area contributed by atoms with Crippen molar-refractivity contribution in [3.8, 4) is 11.4 Å². The van der Waals surface area contributed by atoms with Crippen molar-refractivity contribution in [1.29, 1.82) is 0 Å². The molecule has 0 radical (unpaired) electrons. The topological polar surface area (TPSA) is 105 Å². The first-order chi connectivity index (χ1) is 16.9. The molecule has 2 heterocycles. The van der Waals surface area contributed by atoms with Crippen LogP contribution >= 0.6 is 0 Å². The summed E-state index contributed by atoms with van der Waals surface area (Å²) in [6.45, 7) is 2.00. The van der Waals surface area contributed by atoms with Gasteiger partial charge in [-0.2, -0.15) is 9.29 Å². The van der Waals surface area contributed by atoms with Gasteiger partial charge in [0.05, 0.1) is 11.4 Å². The Balaban J connectivity index is 1.38. The Kier molecular flexibility index (Phi) is 6.19. The third-order valence-corrected chi connectivity index (χ3v) is 7.92. The van der Waals surface area contributed by atoms with E-state index in [2.05, 4.69) is 15.5 Å². The van der Waals surface area contributed by atoms with Gasteiger partial charge in [0.1, 0.15) is 6.04 Å². The second-order valence-corrected chi connectivity index (χ2v) is 10.3. The van der Waals surface area contributed by atoms with E-state index in [0.29, 0.717) is 5.82 Å². The minimum absolute atomic E-state index is 0.00473. The maximum absolute atomic E-state index is 13.6. The minimum atomic E-state index is -3.91. The Labute approximate surface area is 203 Å². The Morgan fingerprint density at radius 2 is 1.69 bits per heavy atom. The molecule has 4 aromatic rings. The van der Waals surface area contributed by atoms with Gasteiger partial charge in [0.25, 0.3) is 0 Å². The van der Waals surface area contributed by atoms with E-state index in [-0.39, 0.29) is 30.3 Å². The molecular formula is C26H24N4O4S. The first-order valence-corrected chi connectivity index (χ1v) is 12.7. The maximum Gasteiger partial charge on any atom is 0.246 e. The molecule has 1 N–H and O–H groups in total. The number of sulfonamides is 1. The fourth-order valence-corrected chi connectivity index (χ4v) is 5.70. The molecule has 3 aromatic carbocycles. The number of rotatable bonds is 6. The number of nitrogens with one attached hydrogen (secondary N) is 1. The summed E-state index contributed by atoms with van der Waals surface area (Å²) in [5.74, 6) is 0.237. The van der Waals surface area contributed by atoms with Gasteiger partial charge in [-0.15, -0.1) is 0 Å². The summed E-state index contributed by atoms with van der Waals surface area (Å²) in [5, 5.41) is 6.75. The molecule has 0 saturated carbocycles. The number of benzene rings is 3. The van der Waals surface area contributed by atoms with Crippen LogP contribution in [0.4, 0.5) is 0 Å². The lowest BCUT2D eigenvalue weighted by Gasteiger charge is -2.35. The summed E-state index contributed by atoms with van der Waals surface area (Å²) in [5.41, 5.74) is 3.59. The standard InChI is InChI=1S/C26H24N4O4S/c1-18-11-13-22(14-12-18)35(32,33)30-17-21-10-6-5-9-20(21)15-23(30)26(31)27-16-24-28-25(29-34-24)19-7-3-2-4-8-19/h2-14,23H,15-17H2,1H3,(H,27,31)/t23-/m1/s1. The molecule has 1 amide bonds. The minimum Gasteiger partial charge on any atom is -0.346 e. The molecule has 8 nitrogen and oxygen atoms in total. The highest BCUT2D eigenvalue weighted by Gasteiger charge is 2.39.